The fraction of sp³-hybridized carbons (Fsp3) is 0.0769. The molecule has 0 bridgehead atoms. The Labute approximate surface area is 175 Å². The van der Waals surface area contributed by atoms with Gasteiger partial charge in [0.2, 0.25) is 0 Å². The van der Waals surface area contributed by atoms with E-state index in [1.165, 1.54) is 11.1 Å². The van der Waals surface area contributed by atoms with Gasteiger partial charge in [-0.05, 0) is 42.7 Å². The summed E-state index contributed by atoms with van der Waals surface area (Å²) in [6, 6.07) is 29.0. The van der Waals surface area contributed by atoms with Gasteiger partial charge in [-0.1, -0.05) is 66.7 Å². The van der Waals surface area contributed by atoms with Crippen molar-refractivity contribution in [1.29, 1.82) is 0 Å². The van der Waals surface area contributed by atoms with E-state index in [0.29, 0.717) is 0 Å². The van der Waals surface area contributed by atoms with Crippen molar-refractivity contribution in [2.45, 2.75) is 13.8 Å². The largest absolute Gasteiger partial charge is 0.340 e. The molecule has 3 aromatic carbocycles. The Bertz CT molecular complexity index is 1320. The van der Waals surface area contributed by atoms with Crippen LogP contribution in [0.25, 0.3) is 28.0 Å². The second-order valence-electron chi connectivity index (χ2n) is 7.48. The molecule has 30 heavy (non-hydrogen) atoms. The lowest BCUT2D eigenvalue weighted by molar-refractivity contribution is 0.949. The van der Waals surface area contributed by atoms with Crippen molar-refractivity contribution in [3.05, 3.63) is 102 Å². The van der Waals surface area contributed by atoms with Gasteiger partial charge in [0.15, 0.2) is 5.65 Å². The van der Waals surface area contributed by atoms with Crippen LogP contribution in [-0.2, 0) is 0 Å². The van der Waals surface area contributed by atoms with E-state index >= 15 is 0 Å². The van der Waals surface area contributed by atoms with Gasteiger partial charge in [0.05, 0.1) is 11.9 Å². The van der Waals surface area contributed by atoms with Crippen LogP contribution < -0.4 is 5.32 Å². The van der Waals surface area contributed by atoms with Crippen LogP contribution in [0.1, 0.15) is 11.1 Å². The predicted molar refractivity (Wildman–Crippen MR) is 123 cm³/mol. The van der Waals surface area contributed by atoms with E-state index < -0.39 is 0 Å². The van der Waals surface area contributed by atoms with E-state index in [-0.39, 0.29) is 0 Å². The van der Waals surface area contributed by atoms with Gasteiger partial charge in [-0.25, -0.2) is 4.98 Å². The molecule has 146 valence electrons. The second kappa shape index (κ2) is 7.48. The molecule has 4 heteroatoms. The lowest BCUT2D eigenvalue weighted by Gasteiger charge is -2.12. The Morgan fingerprint density at radius 3 is 2.13 bits per heavy atom. The lowest BCUT2D eigenvalue weighted by atomic mass is 10.1. The summed E-state index contributed by atoms with van der Waals surface area (Å²) < 4.78 is 1.88. The first-order chi connectivity index (χ1) is 14.7. The molecular formula is C26H22N4. The SMILES string of the molecule is Cc1ccc(Nc2cc(-c3ccccc3)nc3c(-c4ccccc4)cnn23)cc1C. The van der Waals surface area contributed by atoms with Crippen LogP contribution in [-0.4, -0.2) is 14.6 Å². The van der Waals surface area contributed by atoms with Gasteiger partial charge >= 0.3 is 0 Å². The number of anilines is 2. The minimum atomic E-state index is 0.828. The topological polar surface area (TPSA) is 42.2 Å². The number of rotatable bonds is 4. The van der Waals surface area contributed by atoms with Crippen LogP contribution in [0.2, 0.25) is 0 Å². The second-order valence-corrected chi connectivity index (χ2v) is 7.48. The highest BCUT2D eigenvalue weighted by molar-refractivity contribution is 5.81. The summed E-state index contributed by atoms with van der Waals surface area (Å²) in [6.45, 7) is 4.25. The highest BCUT2D eigenvalue weighted by atomic mass is 15.3. The van der Waals surface area contributed by atoms with Crippen LogP contribution in [0.3, 0.4) is 0 Å². The zero-order valence-corrected chi connectivity index (χ0v) is 17.0. The zero-order chi connectivity index (χ0) is 20.5. The smallest absolute Gasteiger partial charge is 0.165 e. The minimum Gasteiger partial charge on any atom is -0.340 e. The first kappa shape index (κ1) is 18.1. The highest BCUT2D eigenvalue weighted by Gasteiger charge is 2.14. The summed E-state index contributed by atoms with van der Waals surface area (Å²) in [4.78, 5) is 4.98. The Hall–Kier alpha value is -3.92. The number of nitrogens with one attached hydrogen (secondary N) is 1. The van der Waals surface area contributed by atoms with Crippen molar-refractivity contribution in [2.75, 3.05) is 5.32 Å². The van der Waals surface area contributed by atoms with E-state index in [2.05, 4.69) is 72.8 Å². The van der Waals surface area contributed by atoms with E-state index in [9.17, 15) is 0 Å². The first-order valence-electron chi connectivity index (χ1n) is 10.0. The molecule has 0 amide bonds. The number of nitrogens with zero attached hydrogens (tertiary/aromatic N) is 3. The lowest BCUT2D eigenvalue weighted by Crippen LogP contribution is -2.03. The third kappa shape index (κ3) is 3.33. The van der Waals surface area contributed by atoms with Gasteiger partial charge in [-0.2, -0.15) is 9.61 Å². The van der Waals surface area contributed by atoms with Crippen molar-refractivity contribution >= 4 is 17.2 Å². The molecule has 5 aromatic rings. The van der Waals surface area contributed by atoms with Crippen LogP contribution in [0.5, 0.6) is 0 Å². The molecule has 0 aliphatic carbocycles. The van der Waals surface area contributed by atoms with Gasteiger partial charge in [0, 0.05) is 22.9 Å². The first-order valence-corrected chi connectivity index (χ1v) is 10.0. The van der Waals surface area contributed by atoms with Crippen molar-refractivity contribution in [3.63, 3.8) is 0 Å². The number of fused-ring (bicyclic) bond motifs is 1. The molecular weight excluding hydrogens is 368 g/mol. The normalized spacial score (nSPS) is 11.0. The van der Waals surface area contributed by atoms with Crippen LogP contribution in [0.4, 0.5) is 11.5 Å². The van der Waals surface area contributed by atoms with E-state index in [1.54, 1.807) is 0 Å². The average molecular weight is 390 g/mol. The van der Waals surface area contributed by atoms with Gasteiger partial charge in [0.25, 0.3) is 0 Å². The Morgan fingerprint density at radius 2 is 1.43 bits per heavy atom. The van der Waals surface area contributed by atoms with Crippen molar-refractivity contribution in [2.24, 2.45) is 0 Å². The van der Waals surface area contributed by atoms with E-state index in [0.717, 1.165) is 39.5 Å². The molecule has 2 aromatic heterocycles. The Morgan fingerprint density at radius 1 is 0.733 bits per heavy atom. The third-order valence-electron chi connectivity index (χ3n) is 5.41. The molecule has 1 N–H and O–H groups in total. The van der Waals surface area contributed by atoms with Crippen LogP contribution >= 0.6 is 0 Å². The molecule has 5 rings (SSSR count). The number of aryl methyl sites for hydroxylation is 2. The molecule has 2 heterocycles. The number of hydrogen-bond acceptors (Lipinski definition) is 3. The molecule has 4 nitrogen and oxygen atoms in total. The third-order valence-corrected chi connectivity index (χ3v) is 5.41. The summed E-state index contributed by atoms with van der Waals surface area (Å²) in [6.07, 6.45) is 1.89. The molecule has 0 spiro atoms. The molecule has 0 fully saturated rings. The standard InChI is InChI=1S/C26H22N4/c1-18-13-14-22(15-19(18)2)28-25-16-24(21-11-7-4-8-12-21)29-26-23(17-27-30(25)26)20-9-5-3-6-10-20/h3-17,28H,1-2H3. The highest BCUT2D eigenvalue weighted by Crippen LogP contribution is 2.30. The monoisotopic (exact) mass is 390 g/mol. The maximum atomic E-state index is 4.98. The molecule has 0 saturated heterocycles. The fourth-order valence-electron chi connectivity index (χ4n) is 3.60. The van der Waals surface area contributed by atoms with Gasteiger partial charge < -0.3 is 5.32 Å². The summed E-state index contributed by atoms with van der Waals surface area (Å²) in [5.41, 5.74) is 8.47. The van der Waals surface area contributed by atoms with Gasteiger partial charge in [0.1, 0.15) is 5.82 Å². The summed E-state index contributed by atoms with van der Waals surface area (Å²) in [5.74, 6) is 0.879. The minimum absolute atomic E-state index is 0.828. The Kier molecular flexibility index (Phi) is 4.52. The molecule has 0 atom stereocenters. The maximum Gasteiger partial charge on any atom is 0.165 e. The summed E-state index contributed by atoms with van der Waals surface area (Å²) in [7, 11) is 0. The van der Waals surface area contributed by atoms with Crippen LogP contribution in [0, 0.1) is 13.8 Å². The van der Waals surface area contributed by atoms with E-state index in [4.69, 9.17) is 4.98 Å². The average Bonchev–Trinajstić information content (AvgIpc) is 3.22. The molecule has 0 radical (unpaired) electrons. The van der Waals surface area contributed by atoms with Gasteiger partial charge in [-0.3, -0.25) is 0 Å². The maximum absolute atomic E-state index is 4.98. The van der Waals surface area contributed by atoms with Crippen molar-refractivity contribution in [3.8, 4) is 22.4 Å². The Balaban J connectivity index is 1.70. The summed E-state index contributed by atoms with van der Waals surface area (Å²) >= 11 is 0. The summed E-state index contributed by atoms with van der Waals surface area (Å²) in [5, 5.41) is 8.21. The molecule has 0 aliphatic heterocycles. The number of aromatic nitrogens is 3. The zero-order valence-electron chi connectivity index (χ0n) is 17.0. The number of benzene rings is 3. The van der Waals surface area contributed by atoms with Crippen molar-refractivity contribution < 1.29 is 0 Å². The van der Waals surface area contributed by atoms with Gasteiger partial charge in [-0.15, -0.1) is 0 Å². The molecule has 0 unspecified atom stereocenters. The molecule has 0 saturated carbocycles. The number of hydrogen-bond donors (Lipinski definition) is 1. The van der Waals surface area contributed by atoms with Crippen LogP contribution in [0.15, 0.2) is 91.1 Å². The molecule has 0 aliphatic rings. The fourth-order valence-corrected chi connectivity index (χ4v) is 3.60. The van der Waals surface area contributed by atoms with E-state index in [1.807, 2.05) is 47.1 Å². The quantitative estimate of drug-likeness (QED) is 0.385. The predicted octanol–water partition coefficient (Wildman–Crippen LogP) is 6.42. The van der Waals surface area contributed by atoms with Crippen molar-refractivity contribution in [1.82, 2.24) is 14.6 Å².